The molecule has 24 heavy (non-hydrogen) atoms. The Kier molecular flexibility index (Phi) is 4.69. The van der Waals surface area contributed by atoms with Crippen LogP contribution in [-0.2, 0) is 6.54 Å². The van der Waals surface area contributed by atoms with Crippen LogP contribution in [0, 0.1) is 6.92 Å². The van der Waals surface area contributed by atoms with Gasteiger partial charge in [0.1, 0.15) is 5.82 Å². The zero-order valence-corrected chi connectivity index (χ0v) is 14.3. The van der Waals surface area contributed by atoms with Crippen molar-refractivity contribution in [2.45, 2.75) is 32.4 Å². The molecule has 1 aliphatic heterocycles. The molecule has 0 saturated carbocycles. The molecule has 0 bridgehead atoms. The standard InChI is InChI=1S/C17H23N5O2/c1-12-9-15(24-20-12)14-5-4-8-22(14)17(23)19-11-13-6-7-18-16(10-13)21(2)3/h6-7,9-10,14H,4-5,8,11H2,1-3H3,(H,19,23)/t14-/m1/s1. The lowest BCUT2D eigenvalue weighted by molar-refractivity contribution is 0.182. The maximum atomic E-state index is 12.6. The Labute approximate surface area is 141 Å². The van der Waals surface area contributed by atoms with Crippen molar-refractivity contribution in [3.63, 3.8) is 0 Å². The number of amides is 2. The summed E-state index contributed by atoms with van der Waals surface area (Å²) in [6.07, 6.45) is 3.63. The predicted molar refractivity (Wildman–Crippen MR) is 90.7 cm³/mol. The maximum absolute atomic E-state index is 12.6. The first-order valence-electron chi connectivity index (χ1n) is 8.14. The second kappa shape index (κ2) is 6.90. The summed E-state index contributed by atoms with van der Waals surface area (Å²) in [6, 6.07) is 5.69. The van der Waals surface area contributed by atoms with Crippen molar-refractivity contribution in [1.29, 1.82) is 0 Å². The lowest BCUT2D eigenvalue weighted by Crippen LogP contribution is -2.39. The van der Waals surface area contributed by atoms with Crippen molar-refractivity contribution < 1.29 is 9.32 Å². The molecule has 2 aromatic heterocycles. The number of anilines is 1. The minimum Gasteiger partial charge on any atom is -0.363 e. The summed E-state index contributed by atoms with van der Waals surface area (Å²) in [5, 5.41) is 6.92. The average molecular weight is 329 g/mol. The lowest BCUT2D eigenvalue weighted by Gasteiger charge is -2.23. The van der Waals surface area contributed by atoms with E-state index in [1.165, 1.54) is 0 Å². The van der Waals surface area contributed by atoms with Gasteiger partial charge in [0, 0.05) is 39.4 Å². The van der Waals surface area contributed by atoms with Crippen LogP contribution in [0.4, 0.5) is 10.6 Å². The Balaban J connectivity index is 1.63. The Bertz CT molecular complexity index is 713. The number of carbonyl (C=O) groups is 1. The fourth-order valence-corrected chi connectivity index (χ4v) is 2.94. The number of hydrogen-bond acceptors (Lipinski definition) is 5. The van der Waals surface area contributed by atoms with E-state index in [9.17, 15) is 4.79 Å². The van der Waals surface area contributed by atoms with Gasteiger partial charge in [-0.2, -0.15) is 0 Å². The molecule has 0 aliphatic carbocycles. The van der Waals surface area contributed by atoms with Crippen LogP contribution in [0.2, 0.25) is 0 Å². The van der Waals surface area contributed by atoms with E-state index in [0.29, 0.717) is 6.54 Å². The summed E-state index contributed by atoms with van der Waals surface area (Å²) in [5.74, 6) is 1.64. The second-order valence-corrected chi connectivity index (χ2v) is 6.30. The number of urea groups is 1. The minimum atomic E-state index is -0.0743. The van der Waals surface area contributed by atoms with Gasteiger partial charge in [-0.1, -0.05) is 5.16 Å². The van der Waals surface area contributed by atoms with Crippen molar-refractivity contribution in [1.82, 2.24) is 20.4 Å². The average Bonchev–Trinajstić information content (AvgIpc) is 3.21. The van der Waals surface area contributed by atoms with Crippen LogP contribution >= 0.6 is 0 Å². The molecule has 0 spiro atoms. The van der Waals surface area contributed by atoms with Crippen LogP contribution < -0.4 is 10.2 Å². The topological polar surface area (TPSA) is 74.5 Å². The monoisotopic (exact) mass is 329 g/mol. The molecule has 0 unspecified atom stereocenters. The highest BCUT2D eigenvalue weighted by atomic mass is 16.5. The third-order valence-electron chi connectivity index (χ3n) is 4.20. The molecule has 0 radical (unpaired) electrons. The zero-order valence-electron chi connectivity index (χ0n) is 14.3. The molecule has 3 rings (SSSR count). The van der Waals surface area contributed by atoms with Crippen molar-refractivity contribution in [3.8, 4) is 0 Å². The van der Waals surface area contributed by atoms with Gasteiger partial charge in [0.05, 0.1) is 11.7 Å². The number of aryl methyl sites for hydroxylation is 1. The highest BCUT2D eigenvalue weighted by Crippen LogP contribution is 2.32. The summed E-state index contributed by atoms with van der Waals surface area (Å²) in [4.78, 5) is 20.6. The van der Waals surface area contributed by atoms with E-state index < -0.39 is 0 Å². The normalized spacial score (nSPS) is 17.1. The van der Waals surface area contributed by atoms with E-state index in [4.69, 9.17) is 4.52 Å². The molecular weight excluding hydrogens is 306 g/mol. The number of pyridine rings is 1. The number of hydrogen-bond donors (Lipinski definition) is 1. The van der Waals surface area contributed by atoms with Crippen LogP contribution in [-0.4, -0.2) is 41.7 Å². The first kappa shape index (κ1) is 16.3. The van der Waals surface area contributed by atoms with Crippen LogP contribution in [0.1, 0.15) is 35.9 Å². The molecule has 1 atom stereocenters. The van der Waals surface area contributed by atoms with Crippen molar-refractivity contribution in [2.24, 2.45) is 0 Å². The van der Waals surface area contributed by atoms with Gasteiger partial charge in [-0.3, -0.25) is 0 Å². The molecule has 1 saturated heterocycles. The second-order valence-electron chi connectivity index (χ2n) is 6.30. The van der Waals surface area contributed by atoms with Gasteiger partial charge in [-0.25, -0.2) is 9.78 Å². The summed E-state index contributed by atoms with van der Waals surface area (Å²) < 4.78 is 5.35. The molecule has 1 fully saturated rings. The van der Waals surface area contributed by atoms with E-state index in [1.807, 2.05) is 49.0 Å². The van der Waals surface area contributed by atoms with Gasteiger partial charge < -0.3 is 19.6 Å². The summed E-state index contributed by atoms with van der Waals surface area (Å²) in [7, 11) is 3.89. The number of nitrogens with one attached hydrogen (secondary N) is 1. The number of likely N-dealkylation sites (tertiary alicyclic amines) is 1. The van der Waals surface area contributed by atoms with Crippen LogP contribution in [0.15, 0.2) is 28.9 Å². The van der Waals surface area contributed by atoms with E-state index >= 15 is 0 Å². The van der Waals surface area contributed by atoms with E-state index in [1.54, 1.807) is 6.20 Å². The predicted octanol–water partition coefficient (Wildman–Crippen LogP) is 2.49. The molecule has 7 heteroatoms. The Morgan fingerprint density at radius 1 is 1.46 bits per heavy atom. The Morgan fingerprint density at radius 2 is 2.29 bits per heavy atom. The van der Waals surface area contributed by atoms with Gasteiger partial charge in [-0.05, 0) is 37.5 Å². The Morgan fingerprint density at radius 3 is 3.00 bits per heavy atom. The number of carbonyl (C=O) groups excluding carboxylic acids is 1. The quantitative estimate of drug-likeness (QED) is 0.933. The third kappa shape index (κ3) is 3.50. The maximum Gasteiger partial charge on any atom is 0.318 e. The Hall–Kier alpha value is -2.57. The summed E-state index contributed by atoms with van der Waals surface area (Å²) in [5.41, 5.74) is 1.86. The van der Waals surface area contributed by atoms with E-state index in [0.717, 1.165) is 42.2 Å². The van der Waals surface area contributed by atoms with Gasteiger partial charge in [-0.15, -0.1) is 0 Å². The molecule has 128 valence electrons. The number of aromatic nitrogens is 2. The smallest absolute Gasteiger partial charge is 0.318 e. The molecule has 0 aromatic carbocycles. The molecular formula is C17H23N5O2. The van der Waals surface area contributed by atoms with Crippen molar-refractivity contribution in [3.05, 3.63) is 41.4 Å². The number of nitrogens with zero attached hydrogens (tertiary/aromatic N) is 4. The first-order chi connectivity index (χ1) is 11.5. The van der Waals surface area contributed by atoms with Crippen LogP contribution in [0.3, 0.4) is 0 Å². The van der Waals surface area contributed by atoms with Gasteiger partial charge in [0.25, 0.3) is 0 Å². The first-order valence-corrected chi connectivity index (χ1v) is 8.14. The van der Waals surface area contributed by atoms with Crippen molar-refractivity contribution >= 4 is 11.8 Å². The SMILES string of the molecule is Cc1cc([C@H]2CCCN2C(=O)NCc2ccnc(N(C)C)c2)on1. The summed E-state index contributed by atoms with van der Waals surface area (Å²) >= 11 is 0. The molecule has 2 amide bonds. The lowest BCUT2D eigenvalue weighted by atomic mass is 10.1. The van der Waals surface area contributed by atoms with Crippen LogP contribution in [0.25, 0.3) is 0 Å². The van der Waals surface area contributed by atoms with Crippen LogP contribution in [0.5, 0.6) is 0 Å². The minimum absolute atomic E-state index is 0.0269. The third-order valence-corrected chi connectivity index (χ3v) is 4.20. The largest absolute Gasteiger partial charge is 0.363 e. The summed E-state index contributed by atoms with van der Waals surface area (Å²) in [6.45, 7) is 3.09. The fourth-order valence-electron chi connectivity index (χ4n) is 2.94. The highest BCUT2D eigenvalue weighted by molar-refractivity contribution is 5.75. The molecule has 3 heterocycles. The van der Waals surface area contributed by atoms with Gasteiger partial charge >= 0.3 is 6.03 Å². The number of rotatable bonds is 4. The molecule has 1 aliphatic rings. The van der Waals surface area contributed by atoms with Crippen molar-refractivity contribution in [2.75, 3.05) is 25.5 Å². The van der Waals surface area contributed by atoms with Gasteiger partial charge in [0.15, 0.2) is 5.76 Å². The zero-order chi connectivity index (χ0) is 17.1. The van der Waals surface area contributed by atoms with E-state index in [2.05, 4.69) is 15.5 Å². The fraction of sp³-hybridized carbons (Fsp3) is 0.471. The molecule has 2 aromatic rings. The highest BCUT2D eigenvalue weighted by Gasteiger charge is 2.32. The van der Waals surface area contributed by atoms with Gasteiger partial charge in [0.2, 0.25) is 0 Å². The molecule has 1 N–H and O–H groups in total. The molecule has 7 nitrogen and oxygen atoms in total. The van der Waals surface area contributed by atoms with E-state index in [-0.39, 0.29) is 12.1 Å².